The van der Waals surface area contributed by atoms with E-state index in [-0.39, 0.29) is 0 Å². The second-order valence-corrected chi connectivity index (χ2v) is 3.46. The molecule has 0 saturated heterocycles. The van der Waals surface area contributed by atoms with Crippen molar-refractivity contribution in [3.63, 3.8) is 0 Å². The molecule has 0 N–H and O–H groups in total. The van der Waals surface area contributed by atoms with Gasteiger partial charge in [0.1, 0.15) is 5.82 Å². The first-order valence-corrected chi connectivity index (χ1v) is 4.93. The minimum Gasteiger partial charge on any atom is -0.355 e. The van der Waals surface area contributed by atoms with Crippen molar-refractivity contribution in [2.24, 2.45) is 0 Å². The molecule has 0 fully saturated rings. The minimum atomic E-state index is 0.873. The molecule has 0 aliphatic rings. The third kappa shape index (κ3) is 2.56. The Kier molecular flexibility index (Phi) is 2.98. The SMILES string of the molecule is CN(Cc1ccccc1)c1cc[c]cn1. The average molecular weight is 197 g/mol. The highest BCUT2D eigenvalue weighted by Crippen LogP contribution is 2.10. The summed E-state index contributed by atoms with van der Waals surface area (Å²) in [5.74, 6) is 0.970. The Morgan fingerprint density at radius 1 is 1.20 bits per heavy atom. The summed E-state index contributed by atoms with van der Waals surface area (Å²) >= 11 is 0. The summed E-state index contributed by atoms with van der Waals surface area (Å²) in [5, 5.41) is 0. The maximum atomic E-state index is 4.25. The molecule has 2 nitrogen and oxygen atoms in total. The Morgan fingerprint density at radius 3 is 2.67 bits per heavy atom. The first kappa shape index (κ1) is 9.71. The predicted octanol–water partition coefficient (Wildman–Crippen LogP) is 2.52. The van der Waals surface area contributed by atoms with Crippen molar-refractivity contribution in [3.8, 4) is 0 Å². The largest absolute Gasteiger partial charge is 0.355 e. The summed E-state index contributed by atoms with van der Waals surface area (Å²) < 4.78 is 0. The van der Waals surface area contributed by atoms with Gasteiger partial charge in [-0.15, -0.1) is 0 Å². The molecule has 0 spiro atoms. The first-order chi connectivity index (χ1) is 7.36. The Labute approximate surface area is 90.2 Å². The molecule has 2 heteroatoms. The first-order valence-electron chi connectivity index (χ1n) is 4.93. The van der Waals surface area contributed by atoms with E-state index in [1.807, 2.05) is 25.2 Å². The molecule has 2 rings (SSSR count). The molecule has 0 unspecified atom stereocenters. The van der Waals surface area contributed by atoms with E-state index in [0.717, 1.165) is 12.4 Å². The van der Waals surface area contributed by atoms with E-state index >= 15 is 0 Å². The van der Waals surface area contributed by atoms with Gasteiger partial charge in [-0.1, -0.05) is 30.3 Å². The third-order valence-electron chi connectivity index (χ3n) is 2.25. The van der Waals surface area contributed by atoms with E-state index in [9.17, 15) is 0 Å². The summed E-state index contributed by atoms with van der Waals surface area (Å²) in [7, 11) is 2.04. The van der Waals surface area contributed by atoms with Gasteiger partial charge < -0.3 is 4.90 Å². The lowest BCUT2D eigenvalue weighted by molar-refractivity contribution is 0.898. The molecule has 0 amide bonds. The fraction of sp³-hybridized carbons (Fsp3) is 0.154. The number of aromatic nitrogens is 1. The number of hydrogen-bond donors (Lipinski definition) is 0. The smallest absolute Gasteiger partial charge is 0.128 e. The van der Waals surface area contributed by atoms with Crippen LogP contribution in [-0.2, 0) is 6.54 Å². The second-order valence-electron chi connectivity index (χ2n) is 3.46. The zero-order valence-corrected chi connectivity index (χ0v) is 8.72. The molecule has 0 atom stereocenters. The van der Waals surface area contributed by atoms with Crippen LogP contribution in [0.25, 0.3) is 0 Å². The molecule has 1 heterocycles. The Balaban J connectivity index is 2.08. The fourth-order valence-corrected chi connectivity index (χ4v) is 1.48. The van der Waals surface area contributed by atoms with Crippen LogP contribution in [0.5, 0.6) is 0 Å². The zero-order chi connectivity index (χ0) is 10.5. The molecule has 75 valence electrons. The third-order valence-corrected chi connectivity index (χ3v) is 2.25. The van der Waals surface area contributed by atoms with Gasteiger partial charge in [-0.25, -0.2) is 4.98 Å². The molecule has 1 radical (unpaired) electrons. The average Bonchev–Trinajstić information content (AvgIpc) is 2.31. The normalized spacial score (nSPS) is 9.93. The summed E-state index contributed by atoms with van der Waals surface area (Å²) in [6.45, 7) is 0.873. The lowest BCUT2D eigenvalue weighted by Crippen LogP contribution is -2.17. The monoisotopic (exact) mass is 197 g/mol. The van der Waals surface area contributed by atoms with Crippen LogP contribution in [0.4, 0.5) is 5.82 Å². The van der Waals surface area contributed by atoms with Gasteiger partial charge in [0.2, 0.25) is 0 Å². The van der Waals surface area contributed by atoms with Crippen LogP contribution >= 0.6 is 0 Å². The van der Waals surface area contributed by atoms with E-state index in [2.05, 4.69) is 40.2 Å². The van der Waals surface area contributed by atoms with Crippen molar-refractivity contribution < 1.29 is 0 Å². The van der Waals surface area contributed by atoms with E-state index in [0.29, 0.717) is 0 Å². The molecule has 0 saturated carbocycles. The molecule has 1 aromatic heterocycles. The van der Waals surface area contributed by atoms with Crippen LogP contribution in [0, 0.1) is 6.07 Å². The number of pyridine rings is 1. The molecule has 2 aromatic rings. The number of rotatable bonds is 3. The van der Waals surface area contributed by atoms with Crippen molar-refractivity contribution in [2.45, 2.75) is 6.54 Å². The van der Waals surface area contributed by atoms with E-state index in [1.54, 1.807) is 6.20 Å². The van der Waals surface area contributed by atoms with Gasteiger partial charge in [-0.05, 0) is 17.7 Å². The molecule has 0 bridgehead atoms. The summed E-state index contributed by atoms with van der Waals surface area (Å²) in [5.41, 5.74) is 1.29. The van der Waals surface area contributed by atoms with Crippen molar-refractivity contribution in [2.75, 3.05) is 11.9 Å². The summed E-state index contributed by atoms with van der Waals surface area (Å²) in [6.07, 6.45) is 1.69. The van der Waals surface area contributed by atoms with Crippen LogP contribution in [0.1, 0.15) is 5.56 Å². The fourth-order valence-electron chi connectivity index (χ4n) is 1.48. The Morgan fingerprint density at radius 2 is 2.00 bits per heavy atom. The van der Waals surface area contributed by atoms with Gasteiger partial charge in [0.25, 0.3) is 0 Å². The van der Waals surface area contributed by atoms with Gasteiger partial charge in [-0.2, -0.15) is 0 Å². The molecular weight excluding hydrogens is 184 g/mol. The standard InChI is InChI=1S/C13H13N2/c1-15(13-9-5-6-10-14-13)11-12-7-3-2-4-8-12/h2-5,7-10H,11H2,1H3. The topological polar surface area (TPSA) is 16.1 Å². The van der Waals surface area contributed by atoms with Crippen LogP contribution in [0.3, 0.4) is 0 Å². The molecule has 15 heavy (non-hydrogen) atoms. The van der Waals surface area contributed by atoms with Crippen molar-refractivity contribution >= 4 is 5.82 Å². The molecular formula is C13H13N2. The van der Waals surface area contributed by atoms with Crippen molar-refractivity contribution in [1.29, 1.82) is 0 Å². The predicted molar refractivity (Wildman–Crippen MR) is 61.6 cm³/mol. The number of anilines is 1. The van der Waals surface area contributed by atoms with E-state index in [4.69, 9.17) is 0 Å². The number of nitrogens with zero attached hydrogens (tertiary/aromatic N) is 2. The highest BCUT2D eigenvalue weighted by atomic mass is 15.2. The molecule has 0 aliphatic heterocycles. The maximum Gasteiger partial charge on any atom is 0.128 e. The quantitative estimate of drug-likeness (QED) is 0.751. The maximum absolute atomic E-state index is 4.25. The van der Waals surface area contributed by atoms with Gasteiger partial charge in [-0.3, -0.25) is 0 Å². The highest BCUT2D eigenvalue weighted by molar-refractivity contribution is 5.37. The lowest BCUT2D eigenvalue weighted by atomic mass is 10.2. The number of benzene rings is 1. The summed E-state index contributed by atoms with van der Waals surface area (Å²) in [6, 6.07) is 17.1. The summed E-state index contributed by atoms with van der Waals surface area (Å²) in [4.78, 5) is 6.36. The Hall–Kier alpha value is -1.83. The van der Waals surface area contributed by atoms with Crippen LogP contribution < -0.4 is 4.90 Å². The highest BCUT2D eigenvalue weighted by Gasteiger charge is 2.01. The lowest BCUT2D eigenvalue weighted by Gasteiger charge is -2.17. The van der Waals surface area contributed by atoms with E-state index < -0.39 is 0 Å². The molecule has 1 aromatic carbocycles. The molecule has 0 aliphatic carbocycles. The van der Waals surface area contributed by atoms with Crippen molar-refractivity contribution in [3.05, 3.63) is 60.3 Å². The minimum absolute atomic E-state index is 0.873. The van der Waals surface area contributed by atoms with Gasteiger partial charge in [0, 0.05) is 25.9 Å². The van der Waals surface area contributed by atoms with Crippen molar-refractivity contribution in [1.82, 2.24) is 4.98 Å². The van der Waals surface area contributed by atoms with Crippen LogP contribution in [-0.4, -0.2) is 12.0 Å². The van der Waals surface area contributed by atoms with E-state index in [1.165, 1.54) is 5.56 Å². The van der Waals surface area contributed by atoms with Crippen LogP contribution in [0.2, 0.25) is 0 Å². The second kappa shape index (κ2) is 4.60. The van der Waals surface area contributed by atoms with Crippen LogP contribution in [0.15, 0.2) is 48.7 Å². The van der Waals surface area contributed by atoms with Gasteiger partial charge in [0.05, 0.1) is 0 Å². The van der Waals surface area contributed by atoms with Gasteiger partial charge >= 0.3 is 0 Å². The zero-order valence-electron chi connectivity index (χ0n) is 8.72. The number of hydrogen-bond acceptors (Lipinski definition) is 2. The van der Waals surface area contributed by atoms with Gasteiger partial charge in [0.15, 0.2) is 0 Å². The Bertz CT molecular complexity index is 397.